The van der Waals surface area contributed by atoms with Gasteiger partial charge in [-0.05, 0) is 24.1 Å². The zero-order chi connectivity index (χ0) is 19.2. The lowest BCUT2D eigenvalue weighted by Gasteiger charge is -2.22. The van der Waals surface area contributed by atoms with E-state index in [2.05, 4.69) is 5.10 Å². The fourth-order valence-corrected chi connectivity index (χ4v) is 3.16. The molecule has 1 aliphatic rings. The molecule has 1 atom stereocenters. The highest BCUT2D eigenvalue weighted by Gasteiger charge is 2.32. The van der Waals surface area contributed by atoms with Crippen molar-refractivity contribution in [1.29, 1.82) is 0 Å². The molecule has 140 valence electrons. The van der Waals surface area contributed by atoms with E-state index in [0.717, 1.165) is 22.6 Å². The summed E-state index contributed by atoms with van der Waals surface area (Å²) in [7, 11) is 1.61. The van der Waals surface area contributed by atoms with E-state index in [1.807, 2.05) is 54.6 Å². The normalized spacial score (nSPS) is 16.1. The summed E-state index contributed by atoms with van der Waals surface area (Å²) in [6.07, 6.45) is 1.03. The molecule has 0 bridgehead atoms. The number of hydrogen-bond acceptors (Lipinski definition) is 4. The van der Waals surface area contributed by atoms with Crippen LogP contribution in [0.1, 0.15) is 42.9 Å². The molecule has 6 heteroatoms. The summed E-state index contributed by atoms with van der Waals surface area (Å²) >= 11 is 0. The van der Waals surface area contributed by atoms with Crippen LogP contribution in [0, 0.1) is 0 Å². The first kappa shape index (κ1) is 18.6. The minimum atomic E-state index is -0.899. The molecule has 1 heterocycles. The van der Waals surface area contributed by atoms with Crippen molar-refractivity contribution in [3.8, 4) is 5.75 Å². The first-order chi connectivity index (χ1) is 13.1. The molecule has 1 amide bonds. The number of carboxylic acid groups (broad SMARTS) is 1. The number of benzene rings is 2. The average Bonchev–Trinajstić information content (AvgIpc) is 3.14. The van der Waals surface area contributed by atoms with Crippen molar-refractivity contribution in [1.82, 2.24) is 5.01 Å². The summed E-state index contributed by atoms with van der Waals surface area (Å²) in [6.45, 7) is 0. The van der Waals surface area contributed by atoms with Crippen LogP contribution in [-0.2, 0) is 9.59 Å². The summed E-state index contributed by atoms with van der Waals surface area (Å²) < 4.78 is 5.28. The molecule has 6 nitrogen and oxygen atoms in total. The van der Waals surface area contributed by atoms with Crippen molar-refractivity contribution in [3.05, 3.63) is 65.7 Å². The third-order valence-corrected chi connectivity index (χ3v) is 4.53. The maximum Gasteiger partial charge on any atom is 0.303 e. The van der Waals surface area contributed by atoms with Crippen LogP contribution in [0.25, 0.3) is 0 Å². The van der Waals surface area contributed by atoms with Gasteiger partial charge in [-0.1, -0.05) is 42.5 Å². The van der Waals surface area contributed by atoms with E-state index in [-0.39, 0.29) is 24.8 Å². The maximum absolute atomic E-state index is 12.7. The molecule has 2 aromatic carbocycles. The molecule has 0 spiro atoms. The third kappa shape index (κ3) is 4.53. The Morgan fingerprint density at radius 2 is 1.93 bits per heavy atom. The maximum atomic E-state index is 12.7. The van der Waals surface area contributed by atoms with Crippen LogP contribution in [0.15, 0.2) is 59.7 Å². The topological polar surface area (TPSA) is 79.2 Å². The second-order valence-corrected chi connectivity index (χ2v) is 6.39. The lowest BCUT2D eigenvalue weighted by molar-refractivity contribution is -0.137. The van der Waals surface area contributed by atoms with Gasteiger partial charge in [-0.3, -0.25) is 9.59 Å². The van der Waals surface area contributed by atoms with Crippen LogP contribution < -0.4 is 4.74 Å². The van der Waals surface area contributed by atoms with Gasteiger partial charge < -0.3 is 9.84 Å². The van der Waals surface area contributed by atoms with Crippen molar-refractivity contribution >= 4 is 17.6 Å². The van der Waals surface area contributed by atoms with Gasteiger partial charge in [0.25, 0.3) is 0 Å². The summed E-state index contributed by atoms with van der Waals surface area (Å²) in [6, 6.07) is 17.2. The van der Waals surface area contributed by atoms with Gasteiger partial charge in [0.05, 0.1) is 18.9 Å². The van der Waals surface area contributed by atoms with Crippen molar-refractivity contribution < 1.29 is 19.4 Å². The Kier molecular flexibility index (Phi) is 5.86. The third-order valence-electron chi connectivity index (χ3n) is 4.53. The SMILES string of the molecule is COc1cccc(C2=NN(C(=O)CCCC(=O)O)C(c3ccccc3)C2)c1. The van der Waals surface area contributed by atoms with Crippen LogP contribution in [-0.4, -0.2) is 34.8 Å². The number of carbonyl (C=O) groups is 2. The summed E-state index contributed by atoms with van der Waals surface area (Å²) in [5, 5.41) is 14.9. The minimum absolute atomic E-state index is 0.0258. The quantitative estimate of drug-likeness (QED) is 0.811. The van der Waals surface area contributed by atoms with Crippen molar-refractivity contribution in [2.45, 2.75) is 31.7 Å². The molecular weight excluding hydrogens is 344 g/mol. The van der Waals surface area contributed by atoms with Crippen molar-refractivity contribution in [2.24, 2.45) is 5.10 Å². The molecule has 0 fully saturated rings. The predicted molar refractivity (Wildman–Crippen MR) is 102 cm³/mol. The Balaban J connectivity index is 1.85. The molecule has 1 aliphatic heterocycles. The Hall–Kier alpha value is -3.15. The first-order valence-electron chi connectivity index (χ1n) is 8.89. The molecular formula is C21H22N2O4. The average molecular weight is 366 g/mol. The largest absolute Gasteiger partial charge is 0.497 e. The van der Waals surface area contributed by atoms with Gasteiger partial charge in [0.15, 0.2) is 0 Å². The highest BCUT2D eigenvalue weighted by Crippen LogP contribution is 2.33. The van der Waals surface area contributed by atoms with Crippen LogP contribution in [0.4, 0.5) is 0 Å². The number of nitrogens with zero attached hydrogens (tertiary/aromatic N) is 2. The minimum Gasteiger partial charge on any atom is -0.497 e. The molecule has 2 aromatic rings. The number of aliphatic carboxylic acids is 1. The number of carbonyl (C=O) groups excluding carboxylic acids is 1. The highest BCUT2D eigenvalue weighted by molar-refractivity contribution is 6.03. The van der Waals surface area contributed by atoms with Gasteiger partial charge in [-0.25, -0.2) is 5.01 Å². The van der Waals surface area contributed by atoms with E-state index < -0.39 is 5.97 Å². The molecule has 0 radical (unpaired) electrons. The smallest absolute Gasteiger partial charge is 0.303 e. The van der Waals surface area contributed by atoms with E-state index in [1.165, 1.54) is 5.01 Å². The van der Waals surface area contributed by atoms with E-state index in [9.17, 15) is 9.59 Å². The number of rotatable bonds is 7. The fraction of sp³-hybridized carbons (Fsp3) is 0.286. The Labute approximate surface area is 158 Å². The molecule has 3 rings (SSSR count). The zero-order valence-electron chi connectivity index (χ0n) is 15.2. The monoisotopic (exact) mass is 366 g/mol. The Bertz CT molecular complexity index is 848. The summed E-state index contributed by atoms with van der Waals surface area (Å²) in [5.74, 6) is -0.329. The first-order valence-corrected chi connectivity index (χ1v) is 8.89. The van der Waals surface area contributed by atoms with Gasteiger partial charge in [0.2, 0.25) is 5.91 Å². The number of ether oxygens (including phenoxy) is 1. The lowest BCUT2D eigenvalue weighted by atomic mass is 9.98. The predicted octanol–water partition coefficient (Wildman–Crippen LogP) is 3.63. The second kappa shape index (κ2) is 8.49. The van der Waals surface area contributed by atoms with Crippen LogP contribution in [0.2, 0.25) is 0 Å². The molecule has 0 saturated heterocycles. The number of amides is 1. The molecule has 0 saturated carbocycles. The Morgan fingerprint density at radius 3 is 2.63 bits per heavy atom. The number of methoxy groups -OCH3 is 1. The van der Waals surface area contributed by atoms with Gasteiger partial charge in [0.1, 0.15) is 5.75 Å². The van der Waals surface area contributed by atoms with Gasteiger partial charge in [-0.2, -0.15) is 5.10 Å². The molecule has 0 aliphatic carbocycles. The standard InChI is InChI=1S/C21H22N2O4/c1-27-17-10-5-9-16(13-17)18-14-19(15-7-3-2-4-8-15)23(22-18)20(24)11-6-12-21(25)26/h2-5,7-10,13,19H,6,11-12,14H2,1H3,(H,25,26). The zero-order valence-corrected chi connectivity index (χ0v) is 15.2. The van der Waals surface area contributed by atoms with E-state index >= 15 is 0 Å². The fourth-order valence-electron chi connectivity index (χ4n) is 3.16. The van der Waals surface area contributed by atoms with Crippen LogP contribution in [0.3, 0.4) is 0 Å². The van der Waals surface area contributed by atoms with Crippen molar-refractivity contribution in [3.63, 3.8) is 0 Å². The molecule has 0 aromatic heterocycles. The highest BCUT2D eigenvalue weighted by atomic mass is 16.5. The molecule has 1 N–H and O–H groups in total. The Morgan fingerprint density at radius 1 is 1.15 bits per heavy atom. The van der Waals surface area contributed by atoms with Crippen LogP contribution in [0.5, 0.6) is 5.75 Å². The van der Waals surface area contributed by atoms with Gasteiger partial charge >= 0.3 is 5.97 Å². The number of hydrogen-bond donors (Lipinski definition) is 1. The van der Waals surface area contributed by atoms with E-state index in [4.69, 9.17) is 9.84 Å². The second-order valence-electron chi connectivity index (χ2n) is 6.39. The van der Waals surface area contributed by atoms with Crippen LogP contribution >= 0.6 is 0 Å². The molecule has 27 heavy (non-hydrogen) atoms. The van der Waals surface area contributed by atoms with Gasteiger partial charge in [-0.15, -0.1) is 0 Å². The van der Waals surface area contributed by atoms with Crippen molar-refractivity contribution in [2.75, 3.05) is 7.11 Å². The molecule has 1 unspecified atom stereocenters. The number of carboxylic acids is 1. The summed E-state index contributed by atoms with van der Waals surface area (Å²) in [4.78, 5) is 23.4. The van der Waals surface area contributed by atoms with Gasteiger partial charge in [0, 0.05) is 24.8 Å². The lowest BCUT2D eigenvalue weighted by Crippen LogP contribution is -2.26. The van der Waals surface area contributed by atoms with E-state index in [1.54, 1.807) is 7.11 Å². The summed E-state index contributed by atoms with van der Waals surface area (Å²) in [5.41, 5.74) is 2.73. The van der Waals surface area contributed by atoms with E-state index in [0.29, 0.717) is 12.8 Å². The number of hydrazone groups is 1.